The highest BCUT2D eigenvalue weighted by atomic mass is 16.6. The molecule has 2 aromatic heterocycles. The second-order valence-corrected chi connectivity index (χ2v) is 7.87. The Morgan fingerprint density at radius 1 is 1.26 bits per heavy atom. The number of hydrogen-bond donors (Lipinski definition) is 1. The van der Waals surface area contributed by atoms with Crippen molar-refractivity contribution in [3.8, 4) is 0 Å². The number of ether oxygens (including phenoxy) is 1. The number of fused-ring (bicyclic) bond motifs is 3. The van der Waals surface area contributed by atoms with Gasteiger partial charge in [0, 0.05) is 6.20 Å². The van der Waals surface area contributed by atoms with Crippen LogP contribution in [0.5, 0.6) is 0 Å². The molecule has 1 atom stereocenters. The van der Waals surface area contributed by atoms with Gasteiger partial charge in [0.15, 0.2) is 23.2 Å². The van der Waals surface area contributed by atoms with Crippen molar-refractivity contribution in [2.24, 2.45) is 4.99 Å². The van der Waals surface area contributed by atoms with Crippen LogP contribution in [0.25, 0.3) is 11.0 Å². The van der Waals surface area contributed by atoms with Crippen LogP contribution >= 0.6 is 0 Å². The van der Waals surface area contributed by atoms with Crippen LogP contribution in [0, 0.1) is 0 Å². The summed E-state index contributed by atoms with van der Waals surface area (Å²) in [5.74, 6) is 0. The highest BCUT2D eigenvalue weighted by Gasteiger charge is 2.38. The summed E-state index contributed by atoms with van der Waals surface area (Å²) >= 11 is 0. The molecule has 27 heavy (non-hydrogen) atoms. The zero-order valence-corrected chi connectivity index (χ0v) is 16.5. The lowest BCUT2D eigenvalue weighted by atomic mass is 10.2. The smallest absolute Gasteiger partial charge is 0.407 e. The van der Waals surface area contributed by atoms with Crippen molar-refractivity contribution in [1.82, 2.24) is 19.8 Å². The Morgan fingerprint density at radius 3 is 2.81 bits per heavy atom. The third-order valence-corrected chi connectivity index (χ3v) is 4.53. The van der Waals surface area contributed by atoms with E-state index in [0.717, 1.165) is 41.8 Å². The first-order chi connectivity index (χ1) is 12.8. The summed E-state index contributed by atoms with van der Waals surface area (Å²) in [7, 11) is 0. The van der Waals surface area contributed by atoms with E-state index in [0.29, 0.717) is 17.6 Å². The molecule has 1 aliphatic rings. The summed E-state index contributed by atoms with van der Waals surface area (Å²) in [6.45, 7) is 9.82. The van der Waals surface area contributed by atoms with Crippen LogP contribution in [-0.2, 0) is 4.74 Å². The van der Waals surface area contributed by atoms with E-state index in [1.165, 1.54) is 0 Å². The molecule has 144 valence electrons. The van der Waals surface area contributed by atoms with E-state index in [-0.39, 0.29) is 0 Å². The number of carbonyl (C=O) groups excluding carboxylic acids is 1. The van der Waals surface area contributed by atoms with E-state index in [4.69, 9.17) is 4.74 Å². The van der Waals surface area contributed by atoms with Crippen molar-refractivity contribution in [3.63, 3.8) is 0 Å². The molecular formula is C20H28N5O2+. The number of hydrogen-bond acceptors (Lipinski definition) is 5. The van der Waals surface area contributed by atoms with E-state index < -0.39 is 11.7 Å². The van der Waals surface area contributed by atoms with Gasteiger partial charge >= 0.3 is 6.09 Å². The van der Waals surface area contributed by atoms with Gasteiger partial charge in [0.1, 0.15) is 12.1 Å². The predicted octanol–water partition coefficient (Wildman–Crippen LogP) is 3.94. The van der Waals surface area contributed by atoms with Crippen molar-refractivity contribution < 1.29 is 9.53 Å². The Labute approximate surface area is 160 Å². The van der Waals surface area contributed by atoms with Crippen LogP contribution in [-0.4, -0.2) is 47.6 Å². The summed E-state index contributed by atoms with van der Waals surface area (Å²) in [4.78, 5) is 25.7. The topological polar surface area (TPSA) is 76.5 Å². The lowest BCUT2D eigenvalue weighted by Gasteiger charge is -2.31. The number of alkyl carbamates (subject to hydrolysis) is 1. The fourth-order valence-electron chi connectivity index (χ4n) is 3.32. The molecule has 0 aromatic carbocycles. The van der Waals surface area contributed by atoms with Gasteiger partial charge < -0.3 is 10.1 Å². The van der Waals surface area contributed by atoms with Gasteiger partial charge in [-0.15, -0.1) is 0 Å². The van der Waals surface area contributed by atoms with Gasteiger partial charge in [-0.05, 0) is 39.3 Å². The molecule has 3 heterocycles. The molecule has 1 aliphatic heterocycles. The van der Waals surface area contributed by atoms with Crippen LogP contribution in [0.15, 0.2) is 29.5 Å². The maximum atomic E-state index is 12.0. The number of nitrogens with one attached hydrogen (secondary N) is 1. The van der Waals surface area contributed by atoms with Gasteiger partial charge in [-0.1, -0.05) is 13.3 Å². The Kier molecular flexibility index (Phi) is 5.41. The average Bonchev–Trinajstić information content (AvgIpc) is 2.98. The summed E-state index contributed by atoms with van der Waals surface area (Å²) in [6.07, 6.45) is 7.30. The highest BCUT2D eigenvalue weighted by molar-refractivity contribution is 6.01. The number of rotatable bonds is 6. The molecule has 2 aromatic rings. The molecule has 0 fully saturated rings. The standard InChI is InChI=1S/C20H27N5O2/c1-5-6-11-25(12-10-22-19(26)27-20(2,3)4)14-24-16-13-23-15-8-7-9-21-17(15)18(16)25/h7-9,13-14H,5-6,10-12H2,1-4H3/p+1. The molecule has 0 saturated heterocycles. The minimum atomic E-state index is -0.508. The number of unbranched alkanes of at least 4 members (excludes halogenated alkanes) is 1. The Hall–Kier alpha value is -2.54. The Balaban J connectivity index is 1.85. The number of aliphatic imine (C=N–C) groups is 1. The zero-order chi connectivity index (χ0) is 19.5. The van der Waals surface area contributed by atoms with E-state index >= 15 is 0 Å². The lowest BCUT2D eigenvalue weighted by Crippen LogP contribution is -2.52. The average molecular weight is 370 g/mol. The van der Waals surface area contributed by atoms with Gasteiger partial charge in [-0.3, -0.25) is 4.98 Å². The monoisotopic (exact) mass is 370 g/mol. The summed E-state index contributed by atoms with van der Waals surface area (Å²) in [5, 5.41) is 2.87. The predicted molar refractivity (Wildman–Crippen MR) is 108 cm³/mol. The highest BCUT2D eigenvalue weighted by Crippen LogP contribution is 2.42. The fraction of sp³-hybridized carbons (Fsp3) is 0.500. The maximum Gasteiger partial charge on any atom is 0.407 e. The summed E-state index contributed by atoms with van der Waals surface area (Å²) in [5.41, 5.74) is 3.16. The molecule has 0 bridgehead atoms. The largest absolute Gasteiger partial charge is 0.444 e. The van der Waals surface area contributed by atoms with Gasteiger partial charge in [-0.25, -0.2) is 14.3 Å². The first-order valence-electron chi connectivity index (χ1n) is 9.48. The Morgan fingerprint density at radius 2 is 2.07 bits per heavy atom. The zero-order valence-electron chi connectivity index (χ0n) is 16.5. The second kappa shape index (κ2) is 7.60. The number of amides is 1. The number of carbonyl (C=O) groups is 1. The van der Waals surface area contributed by atoms with E-state index in [2.05, 4.69) is 27.2 Å². The van der Waals surface area contributed by atoms with Crippen molar-refractivity contribution in [2.75, 3.05) is 19.6 Å². The number of nitrogens with zero attached hydrogens (tertiary/aromatic N) is 4. The minimum absolute atomic E-state index is 0.398. The molecule has 0 radical (unpaired) electrons. The number of quaternary nitrogens is 1. The summed E-state index contributed by atoms with van der Waals surface area (Å²) in [6, 6.07) is 3.86. The quantitative estimate of drug-likeness (QED) is 0.782. The van der Waals surface area contributed by atoms with E-state index in [1.54, 1.807) is 6.20 Å². The second-order valence-electron chi connectivity index (χ2n) is 7.87. The minimum Gasteiger partial charge on any atom is -0.444 e. The number of aromatic nitrogens is 2. The van der Waals surface area contributed by atoms with Crippen molar-refractivity contribution in [2.45, 2.75) is 46.1 Å². The SMILES string of the molecule is CCCC[N+]1(CCNC(=O)OC(C)(C)C)C=Nc2cnc3cccnc3c21. The van der Waals surface area contributed by atoms with Crippen molar-refractivity contribution in [3.05, 3.63) is 24.5 Å². The lowest BCUT2D eigenvalue weighted by molar-refractivity contribution is 0.0526. The number of pyridine rings is 2. The Bertz CT molecular complexity index is 859. The third-order valence-electron chi connectivity index (χ3n) is 4.53. The molecule has 0 saturated carbocycles. The van der Waals surface area contributed by atoms with Crippen LogP contribution in [0.1, 0.15) is 40.5 Å². The first-order valence-corrected chi connectivity index (χ1v) is 9.48. The van der Waals surface area contributed by atoms with Crippen LogP contribution in [0.4, 0.5) is 16.2 Å². The molecule has 3 rings (SSSR count). The van der Waals surface area contributed by atoms with Crippen LogP contribution < -0.4 is 9.80 Å². The molecule has 0 spiro atoms. The van der Waals surface area contributed by atoms with Crippen LogP contribution in [0.3, 0.4) is 0 Å². The van der Waals surface area contributed by atoms with E-state index in [9.17, 15) is 4.79 Å². The molecule has 7 heteroatoms. The van der Waals surface area contributed by atoms with Gasteiger partial charge in [0.2, 0.25) is 0 Å². The summed E-state index contributed by atoms with van der Waals surface area (Å²) < 4.78 is 5.91. The molecule has 7 nitrogen and oxygen atoms in total. The van der Waals surface area contributed by atoms with Crippen molar-refractivity contribution >= 4 is 34.8 Å². The molecule has 0 aliphatic carbocycles. The van der Waals surface area contributed by atoms with E-state index in [1.807, 2.05) is 45.4 Å². The molecule has 1 amide bonds. The van der Waals surface area contributed by atoms with Gasteiger partial charge in [0.05, 0.1) is 24.8 Å². The van der Waals surface area contributed by atoms with Crippen molar-refractivity contribution in [1.29, 1.82) is 0 Å². The molecule has 1 N–H and O–H groups in total. The van der Waals surface area contributed by atoms with Crippen LogP contribution in [0.2, 0.25) is 0 Å². The normalized spacial score (nSPS) is 18.5. The maximum absolute atomic E-state index is 12.0. The fourth-order valence-corrected chi connectivity index (χ4v) is 3.32. The van der Waals surface area contributed by atoms with Gasteiger partial charge in [-0.2, -0.15) is 4.99 Å². The first kappa shape index (κ1) is 19.2. The third kappa shape index (κ3) is 4.24. The van der Waals surface area contributed by atoms with Gasteiger partial charge in [0.25, 0.3) is 0 Å². The molecular weight excluding hydrogens is 342 g/mol. The molecule has 1 unspecified atom stereocenters.